The van der Waals surface area contributed by atoms with Crippen LogP contribution in [0.4, 0.5) is 4.79 Å². The number of alkyl carbamates (subject to hydrolysis) is 1. The Labute approximate surface area is 210 Å². The molecule has 3 amide bonds. The van der Waals surface area contributed by atoms with Gasteiger partial charge in [0.25, 0.3) is 0 Å². The van der Waals surface area contributed by atoms with Gasteiger partial charge in [0.1, 0.15) is 17.7 Å². The molecule has 0 saturated carbocycles. The number of amides is 3. The third kappa shape index (κ3) is 10.7. The van der Waals surface area contributed by atoms with Gasteiger partial charge in [-0.2, -0.15) is 0 Å². The van der Waals surface area contributed by atoms with E-state index in [1.807, 2.05) is 45.9 Å². The first-order chi connectivity index (χ1) is 16.3. The van der Waals surface area contributed by atoms with Gasteiger partial charge in [-0.05, 0) is 60.5 Å². The molecule has 0 bridgehead atoms. The zero-order valence-electron chi connectivity index (χ0n) is 22.7. The second-order valence-corrected chi connectivity index (χ2v) is 10.5. The van der Waals surface area contributed by atoms with Gasteiger partial charge in [-0.3, -0.25) is 9.59 Å². The van der Waals surface area contributed by atoms with Crippen LogP contribution in [0.2, 0.25) is 0 Å². The number of hydrogen-bond acceptors (Lipinski definition) is 5. The largest absolute Gasteiger partial charge is 0.444 e. The molecule has 0 aromatic heterocycles. The molecule has 2 atom stereocenters. The Morgan fingerprint density at radius 3 is 2.09 bits per heavy atom. The molecule has 0 aliphatic rings. The molecule has 0 spiro atoms. The SMILES string of the molecule is CCCCCCN(C(=O)C(CO)NC(=O)OC(C)(C)C)C(C(=O)NC(C)C)c1cc(C)cc(C)c1. The molecule has 1 aromatic rings. The molecule has 35 heavy (non-hydrogen) atoms. The molecule has 198 valence electrons. The van der Waals surface area contributed by atoms with Gasteiger partial charge in [-0.25, -0.2) is 4.79 Å². The topological polar surface area (TPSA) is 108 Å². The number of ether oxygens (including phenoxy) is 1. The van der Waals surface area contributed by atoms with Crippen LogP contribution in [0.3, 0.4) is 0 Å². The van der Waals surface area contributed by atoms with Crippen molar-refractivity contribution in [3.05, 3.63) is 34.9 Å². The van der Waals surface area contributed by atoms with E-state index >= 15 is 0 Å². The molecular weight excluding hydrogens is 446 g/mol. The summed E-state index contributed by atoms with van der Waals surface area (Å²) < 4.78 is 5.28. The van der Waals surface area contributed by atoms with E-state index in [-0.39, 0.29) is 11.9 Å². The average Bonchev–Trinajstić information content (AvgIpc) is 2.71. The van der Waals surface area contributed by atoms with Gasteiger partial charge in [0, 0.05) is 12.6 Å². The molecule has 0 aliphatic heterocycles. The minimum Gasteiger partial charge on any atom is -0.444 e. The van der Waals surface area contributed by atoms with Crippen molar-refractivity contribution in [1.82, 2.24) is 15.5 Å². The lowest BCUT2D eigenvalue weighted by molar-refractivity contribution is -0.143. The van der Waals surface area contributed by atoms with E-state index in [0.29, 0.717) is 18.5 Å². The van der Waals surface area contributed by atoms with Crippen molar-refractivity contribution in [2.24, 2.45) is 0 Å². The Morgan fingerprint density at radius 2 is 1.60 bits per heavy atom. The molecule has 3 N–H and O–H groups in total. The molecule has 0 saturated heterocycles. The molecular formula is C27H45N3O5. The number of unbranched alkanes of at least 4 members (excludes halogenated alkanes) is 3. The lowest BCUT2D eigenvalue weighted by Gasteiger charge is -2.35. The number of nitrogens with zero attached hydrogens (tertiary/aromatic N) is 1. The molecule has 1 rings (SSSR count). The number of aliphatic hydroxyl groups excluding tert-OH is 1. The highest BCUT2D eigenvalue weighted by Crippen LogP contribution is 2.26. The smallest absolute Gasteiger partial charge is 0.408 e. The van der Waals surface area contributed by atoms with Crippen LogP contribution in [0.1, 0.15) is 90.0 Å². The quantitative estimate of drug-likeness (QED) is 0.381. The average molecular weight is 492 g/mol. The van der Waals surface area contributed by atoms with Crippen molar-refractivity contribution in [3.8, 4) is 0 Å². The predicted octanol–water partition coefficient (Wildman–Crippen LogP) is 4.16. The predicted molar refractivity (Wildman–Crippen MR) is 138 cm³/mol. The number of benzene rings is 1. The number of carbonyl (C=O) groups is 3. The van der Waals surface area contributed by atoms with Crippen molar-refractivity contribution < 1.29 is 24.2 Å². The number of rotatable bonds is 12. The van der Waals surface area contributed by atoms with Crippen LogP contribution in [-0.2, 0) is 14.3 Å². The Kier molecular flexibility index (Phi) is 12.2. The van der Waals surface area contributed by atoms with E-state index in [1.165, 1.54) is 4.90 Å². The summed E-state index contributed by atoms with van der Waals surface area (Å²) in [5.41, 5.74) is 1.89. The number of carbonyl (C=O) groups excluding carboxylic acids is 3. The fourth-order valence-corrected chi connectivity index (χ4v) is 3.91. The minimum atomic E-state index is -1.24. The molecule has 8 heteroatoms. The third-order valence-corrected chi connectivity index (χ3v) is 5.26. The van der Waals surface area contributed by atoms with E-state index in [1.54, 1.807) is 20.8 Å². The van der Waals surface area contributed by atoms with Crippen molar-refractivity contribution in [3.63, 3.8) is 0 Å². The van der Waals surface area contributed by atoms with Gasteiger partial charge in [0.05, 0.1) is 6.61 Å². The first-order valence-corrected chi connectivity index (χ1v) is 12.6. The third-order valence-electron chi connectivity index (χ3n) is 5.26. The Hall–Kier alpha value is -2.61. The summed E-state index contributed by atoms with van der Waals surface area (Å²) >= 11 is 0. The first-order valence-electron chi connectivity index (χ1n) is 12.6. The monoisotopic (exact) mass is 491 g/mol. The van der Waals surface area contributed by atoms with Crippen LogP contribution in [0.5, 0.6) is 0 Å². The summed E-state index contributed by atoms with van der Waals surface area (Å²) in [7, 11) is 0. The Morgan fingerprint density at radius 1 is 1.00 bits per heavy atom. The molecule has 2 unspecified atom stereocenters. The molecule has 8 nitrogen and oxygen atoms in total. The van der Waals surface area contributed by atoms with Crippen LogP contribution >= 0.6 is 0 Å². The highest BCUT2D eigenvalue weighted by Gasteiger charge is 2.36. The summed E-state index contributed by atoms with van der Waals surface area (Å²) in [6, 6.07) is 3.55. The maximum Gasteiger partial charge on any atom is 0.408 e. The maximum atomic E-state index is 13.7. The normalized spacial score (nSPS) is 13.2. The molecule has 0 aliphatic carbocycles. The second kappa shape index (κ2) is 14.1. The zero-order valence-corrected chi connectivity index (χ0v) is 22.7. The number of aryl methyl sites for hydroxylation is 2. The Bertz CT molecular complexity index is 827. The van der Waals surface area contributed by atoms with Crippen LogP contribution < -0.4 is 10.6 Å². The van der Waals surface area contributed by atoms with Gasteiger partial charge < -0.3 is 25.4 Å². The summed E-state index contributed by atoms with van der Waals surface area (Å²) in [6.07, 6.45) is 2.83. The van der Waals surface area contributed by atoms with Crippen molar-refractivity contribution in [2.45, 2.75) is 105 Å². The number of aliphatic hydroxyl groups is 1. The van der Waals surface area contributed by atoms with E-state index in [4.69, 9.17) is 4.74 Å². The van der Waals surface area contributed by atoms with Gasteiger partial charge in [0.2, 0.25) is 11.8 Å². The van der Waals surface area contributed by atoms with Crippen LogP contribution in [-0.4, -0.2) is 58.8 Å². The molecule has 0 radical (unpaired) electrons. The maximum absolute atomic E-state index is 13.7. The highest BCUT2D eigenvalue weighted by molar-refractivity contribution is 5.92. The summed E-state index contributed by atoms with van der Waals surface area (Å²) in [5.74, 6) is -0.833. The van der Waals surface area contributed by atoms with Crippen LogP contribution in [0, 0.1) is 13.8 Å². The van der Waals surface area contributed by atoms with Gasteiger partial charge in [-0.15, -0.1) is 0 Å². The van der Waals surface area contributed by atoms with E-state index in [2.05, 4.69) is 17.6 Å². The van der Waals surface area contributed by atoms with Crippen molar-refractivity contribution in [2.75, 3.05) is 13.2 Å². The van der Waals surface area contributed by atoms with Gasteiger partial charge in [-0.1, -0.05) is 55.5 Å². The van der Waals surface area contributed by atoms with Crippen LogP contribution in [0.25, 0.3) is 0 Å². The summed E-state index contributed by atoms with van der Waals surface area (Å²) in [4.78, 5) is 41.0. The molecule has 0 fully saturated rings. The highest BCUT2D eigenvalue weighted by atomic mass is 16.6. The minimum absolute atomic E-state index is 0.124. The van der Waals surface area contributed by atoms with Gasteiger partial charge in [0.15, 0.2) is 0 Å². The molecule has 1 aromatic carbocycles. The zero-order chi connectivity index (χ0) is 26.8. The fourth-order valence-electron chi connectivity index (χ4n) is 3.91. The number of hydrogen-bond donors (Lipinski definition) is 3. The summed E-state index contributed by atoms with van der Waals surface area (Å²) in [5, 5.41) is 15.4. The fraction of sp³-hybridized carbons (Fsp3) is 0.667. The molecule has 0 heterocycles. The van der Waals surface area contributed by atoms with Crippen molar-refractivity contribution >= 4 is 17.9 Å². The Balaban J connectivity index is 3.43. The number of nitrogens with one attached hydrogen (secondary N) is 2. The van der Waals surface area contributed by atoms with Gasteiger partial charge >= 0.3 is 6.09 Å². The van der Waals surface area contributed by atoms with E-state index in [0.717, 1.165) is 30.4 Å². The first kappa shape index (κ1) is 30.4. The standard InChI is InChI=1S/C27H45N3O5/c1-9-10-11-12-13-30(25(33)22(17-31)29-26(34)35-27(6,7)8)23(24(32)28-18(2)3)21-15-19(4)14-20(5)16-21/h14-16,18,22-23,31H,9-13,17H2,1-8H3,(H,28,32)(H,29,34). The van der Waals surface area contributed by atoms with Crippen molar-refractivity contribution in [1.29, 1.82) is 0 Å². The lowest BCUT2D eigenvalue weighted by Crippen LogP contribution is -2.55. The van der Waals surface area contributed by atoms with E-state index < -0.39 is 36.3 Å². The van der Waals surface area contributed by atoms with E-state index in [9.17, 15) is 19.5 Å². The lowest BCUT2D eigenvalue weighted by atomic mass is 9.98. The van der Waals surface area contributed by atoms with Crippen LogP contribution in [0.15, 0.2) is 18.2 Å². The second-order valence-electron chi connectivity index (χ2n) is 10.5. The summed E-state index contributed by atoms with van der Waals surface area (Å²) in [6.45, 7) is 14.6.